The Bertz CT molecular complexity index is 304. The average molecular weight is 415 g/mol. The molecule has 2 nitrogen and oxygen atoms in total. The molecule has 4 heteroatoms. The largest absolute Gasteiger partial charge is 2.00 e. The van der Waals surface area contributed by atoms with Gasteiger partial charge in [-0.15, -0.1) is 0 Å². The predicted octanol–water partition coefficient (Wildman–Crippen LogP) is 2.33. The maximum absolute atomic E-state index is 10.1. The summed E-state index contributed by atoms with van der Waals surface area (Å²) in [5.74, 6) is 0. The van der Waals surface area contributed by atoms with Crippen LogP contribution in [0.1, 0.15) is 5.56 Å². The van der Waals surface area contributed by atoms with E-state index in [2.05, 4.69) is 22.4 Å². The van der Waals surface area contributed by atoms with Crippen molar-refractivity contribution in [2.24, 2.45) is 4.99 Å². The van der Waals surface area contributed by atoms with E-state index in [1.807, 2.05) is 0 Å². The number of hydrogen-bond donors (Lipinski definition) is 0. The Labute approximate surface area is 107 Å². The van der Waals surface area contributed by atoms with Gasteiger partial charge in [0.05, 0.1) is 11.4 Å². The van der Waals surface area contributed by atoms with Crippen LogP contribution in [-0.2, 0) is 4.79 Å². The van der Waals surface area contributed by atoms with Crippen LogP contribution < -0.4 is 0 Å². The molecular weight excluding hydrogens is 408 g/mol. The molecular formula is C9H7NOSU. The van der Waals surface area contributed by atoms with Crippen molar-refractivity contribution in [3.8, 4) is 0 Å². The van der Waals surface area contributed by atoms with Crippen LogP contribution in [0.5, 0.6) is 0 Å². The van der Waals surface area contributed by atoms with Crippen LogP contribution in [0.3, 0.4) is 0 Å². The molecule has 1 aromatic carbocycles. The van der Waals surface area contributed by atoms with Crippen molar-refractivity contribution in [1.82, 2.24) is 0 Å². The number of carbonyl (C=O) groups excluding carboxylic acids is 1. The molecule has 1 rings (SSSR count). The number of nitrogens with zero attached hydrogens (tertiary/aromatic N) is 1. The number of rotatable bonds is 2. The zero-order valence-corrected chi connectivity index (χ0v) is 12.1. The molecule has 0 radical (unpaired) electrons. The smallest absolute Gasteiger partial charge is 0.376 e. The second-order valence-electron chi connectivity index (χ2n) is 1.85. The van der Waals surface area contributed by atoms with Crippen molar-refractivity contribution in [3.05, 3.63) is 37.3 Å². The van der Waals surface area contributed by atoms with Crippen molar-refractivity contribution in [2.45, 2.75) is 0 Å². The molecule has 1 aromatic rings. The molecule has 0 atom stereocenters. The van der Waals surface area contributed by atoms with Crippen LogP contribution in [-0.4, -0.2) is 11.4 Å². The van der Waals surface area contributed by atoms with Crippen LogP contribution in [0.15, 0.2) is 29.3 Å². The van der Waals surface area contributed by atoms with Gasteiger partial charge in [0, 0.05) is 5.69 Å². The minimum Gasteiger partial charge on any atom is -0.376 e. The number of aliphatic imine (C=N–C) groups is 1. The molecule has 0 spiro atoms. The Morgan fingerprint density at radius 2 is 1.85 bits per heavy atom. The molecule has 0 unspecified atom stereocenters. The van der Waals surface area contributed by atoms with Crippen molar-refractivity contribution in [3.63, 3.8) is 0 Å². The van der Waals surface area contributed by atoms with Crippen molar-refractivity contribution in [1.29, 1.82) is 0 Å². The molecule has 0 saturated heterocycles. The van der Waals surface area contributed by atoms with E-state index in [-0.39, 0.29) is 38.5 Å². The molecule has 64 valence electrons. The normalized spacial score (nSPS) is 7.08. The van der Waals surface area contributed by atoms with Gasteiger partial charge in [-0.2, -0.15) is 22.7 Å². The molecule has 0 saturated carbocycles. The summed E-state index contributed by atoms with van der Waals surface area (Å²) in [6, 6.07) is 6.61. The third-order valence-electron chi connectivity index (χ3n) is 1.16. The fraction of sp³-hybridized carbons (Fsp3) is 0. The van der Waals surface area contributed by atoms with Crippen molar-refractivity contribution in [2.75, 3.05) is 0 Å². The number of thiocarbonyl (C=S) groups is 1. The van der Waals surface area contributed by atoms with Gasteiger partial charge in [0.2, 0.25) is 0 Å². The monoisotopic (exact) mass is 415 g/mol. The van der Waals surface area contributed by atoms with E-state index in [4.69, 9.17) is 0 Å². The van der Waals surface area contributed by atoms with E-state index in [9.17, 15) is 4.79 Å². The first-order valence-corrected chi connectivity index (χ1v) is 3.34. The predicted molar refractivity (Wildman–Crippen MR) is 52.3 cm³/mol. The molecule has 0 aliphatic heterocycles. The first kappa shape index (κ1) is 15.2. The number of benzene rings is 1. The Hall–Kier alpha value is -0.258. The minimum absolute atomic E-state index is 0. The van der Waals surface area contributed by atoms with Crippen molar-refractivity contribution < 1.29 is 35.9 Å². The quantitative estimate of drug-likeness (QED) is 0.422. The molecule has 0 N–H and O–H groups in total. The first-order valence-electron chi connectivity index (χ1n) is 2.93. The van der Waals surface area contributed by atoms with Crippen LogP contribution in [0.2, 0.25) is 0 Å². The van der Waals surface area contributed by atoms with E-state index in [1.165, 1.54) is 0 Å². The first-order chi connectivity index (χ1) is 5.36. The van der Waals surface area contributed by atoms with E-state index < -0.39 is 0 Å². The second-order valence-corrected chi connectivity index (χ2v) is 2.03. The maximum Gasteiger partial charge on any atom is 2.00 e. The number of hydrogen-bond acceptors (Lipinski definition) is 3. The molecule has 13 heavy (non-hydrogen) atoms. The minimum atomic E-state index is 0. The van der Waals surface area contributed by atoms with Gasteiger partial charge in [-0.3, -0.25) is 0 Å². The topological polar surface area (TPSA) is 29.4 Å². The molecule has 0 aromatic heterocycles. The fourth-order valence-electron chi connectivity index (χ4n) is 0.657. The Morgan fingerprint density at radius 1 is 1.31 bits per heavy atom. The molecule has 0 fully saturated rings. The number of isothiocyanates is 1. The van der Waals surface area contributed by atoms with E-state index >= 15 is 0 Å². The van der Waals surface area contributed by atoms with E-state index in [0.29, 0.717) is 11.3 Å². The van der Waals surface area contributed by atoms with Gasteiger partial charge < -0.3 is 12.2 Å². The van der Waals surface area contributed by atoms with E-state index in [0.717, 1.165) is 0 Å². The third-order valence-corrected chi connectivity index (χ3v) is 1.25. The van der Waals surface area contributed by atoms with E-state index in [1.54, 1.807) is 30.6 Å². The third kappa shape index (κ3) is 5.13. The zero-order chi connectivity index (χ0) is 8.10. The fourth-order valence-corrected chi connectivity index (χ4v) is 0.762. The Kier molecular flexibility index (Phi) is 9.77. The SMILES string of the molecule is O=[C-]c1ccc(N=C=S)cc1.[CH3-].[U+2]. The van der Waals surface area contributed by atoms with Gasteiger partial charge >= 0.3 is 31.1 Å². The summed E-state index contributed by atoms with van der Waals surface area (Å²) < 4.78 is 0. The van der Waals surface area contributed by atoms with Crippen LogP contribution in [0.4, 0.5) is 5.69 Å². The summed E-state index contributed by atoms with van der Waals surface area (Å²) in [5, 5.41) is 2.23. The molecule has 0 heterocycles. The molecule has 0 amide bonds. The van der Waals surface area contributed by atoms with Gasteiger partial charge in [-0.05, 0) is 12.2 Å². The summed E-state index contributed by atoms with van der Waals surface area (Å²) in [6.07, 6.45) is 1.76. The summed E-state index contributed by atoms with van der Waals surface area (Å²) in [6.45, 7) is 0. The molecule has 0 bridgehead atoms. The van der Waals surface area contributed by atoms with Crippen molar-refractivity contribution >= 4 is 29.4 Å². The van der Waals surface area contributed by atoms with Gasteiger partial charge in [0.25, 0.3) is 0 Å². The van der Waals surface area contributed by atoms with Crippen LogP contribution in [0.25, 0.3) is 0 Å². The van der Waals surface area contributed by atoms with Gasteiger partial charge in [-0.1, -0.05) is 12.1 Å². The van der Waals surface area contributed by atoms with Gasteiger partial charge in [0.1, 0.15) is 0 Å². The Balaban J connectivity index is 0. The molecule has 0 aliphatic carbocycles. The van der Waals surface area contributed by atoms with Crippen LogP contribution >= 0.6 is 12.2 Å². The van der Waals surface area contributed by atoms with Gasteiger partial charge in [0.15, 0.2) is 0 Å². The maximum atomic E-state index is 10.1. The summed E-state index contributed by atoms with van der Waals surface area (Å²) in [5.41, 5.74) is 1.20. The summed E-state index contributed by atoms with van der Waals surface area (Å²) >= 11 is 4.40. The second kappa shape index (κ2) is 8.35. The van der Waals surface area contributed by atoms with Crippen LogP contribution in [0, 0.1) is 38.5 Å². The summed E-state index contributed by atoms with van der Waals surface area (Å²) in [4.78, 5) is 13.8. The standard InChI is InChI=1S/C8H4NOS.CH3.U/c10-5-7-1-3-8(4-2-7)9-6-11;;/h1-4H;1H3;/q2*-1;+2. The average Bonchev–Trinajstić information content (AvgIpc) is 2.07. The summed E-state index contributed by atoms with van der Waals surface area (Å²) in [7, 11) is 0. The zero-order valence-electron chi connectivity index (χ0n) is 7.07. The Morgan fingerprint density at radius 3 is 2.23 bits per heavy atom. The molecule has 0 aliphatic rings. The van der Waals surface area contributed by atoms with Gasteiger partial charge in [-0.25, -0.2) is 0 Å².